The van der Waals surface area contributed by atoms with E-state index in [4.69, 9.17) is 0 Å². The van der Waals surface area contributed by atoms with Crippen LogP contribution in [0.1, 0.15) is 27.2 Å². The van der Waals surface area contributed by atoms with Crippen LogP contribution in [0, 0.1) is 17.0 Å². The average Bonchev–Trinajstić information content (AvgIpc) is 2.60. The Morgan fingerprint density at radius 3 is 2.44 bits per heavy atom. The SMILES string of the molecule is CC(C)(C)C1=NN(c2ccc(F)cc2F)C(=O)C1. The minimum Gasteiger partial charge on any atom is -0.272 e. The Kier molecular flexibility index (Phi) is 2.92. The smallest absolute Gasteiger partial charge is 0.253 e. The van der Waals surface area contributed by atoms with Gasteiger partial charge in [0.05, 0.1) is 12.1 Å². The number of benzene rings is 1. The van der Waals surface area contributed by atoms with E-state index in [1.807, 2.05) is 20.8 Å². The van der Waals surface area contributed by atoms with Crippen molar-refractivity contribution in [2.75, 3.05) is 5.01 Å². The van der Waals surface area contributed by atoms with E-state index in [0.29, 0.717) is 5.71 Å². The molecular weight excluding hydrogens is 238 g/mol. The molecule has 1 aromatic rings. The Morgan fingerprint density at radius 1 is 1.28 bits per heavy atom. The highest BCUT2D eigenvalue weighted by atomic mass is 19.1. The normalized spacial score (nSPS) is 16.2. The van der Waals surface area contributed by atoms with E-state index in [0.717, 1.165) is 17.1 Å². The summed E-state index contributed by atoms with van der Waals surface area (Å²) >= 11 is 0. The van der Waals surface area contributed by atoms with Crippen LogP contribution in [0.25, 0.3) is 0 Å². The van der Waals surface area contributed by atoms with Crippen LogP contribution in [-0.4, -0.2) is 11.6 Å². The minimum absolute atomic E-state index is 0.0133. The first-order valence-corrected chi connectivity index (χ1v) is 5.65. The minimum atomic E-state index is -0.790. The molecule has 0 bridgehead atoms. The molecule has 3 nitrogen and oxygen atoms in total. The first-order chi connectivity index (χ1) is 8.29. The van der Waals surface area contributed by atoms with Gasteiger partial charge in [-0.25, -0.2) is 8.78 Å². The molecule has 1 aromatic carbocycles. The summed E-state index contributed by atoms with van der Waals surface area (Å²) in [5, 5.41) is 5.15. The third-order valence-corrected chi connectivity index (χ3v) is 2.78. The fourth-order valence-electron chi connectivity index (χ4n) is 1.69. The fourth-order valence-corrected chi connectivity index (χ4v) is 1.69. The van der Waals surface area contributed by atoms with Crippen molar-refractivity contribution in [2.45, 2.75) is 27.2 Å². The van der Waals surface area contributed by atoms with E-state index in [1.165, 1.54) is 6.07 Å². The Balaban J connectivity index is 2.40. The van der Waals surface area contributed by atoms with Crippen LogP contribution in [0.3, 0.4) is 0 Å². The van der Waals surface area contributed by atoms with Crippen LogP contribution in [0.15, 0.2) is 23.3 Å². The summed E-state index contributed by atoms with van der Waals surface area (Å²) in [5.74, 6) is -1.77. The van der Waals surface area contributed by atoms with Gasteiger partial charge in [0.15, 0.2) is 5.82 Å². The average molecular weight is 252 g/mol. The van der Waals surface area contributed by atoms with E-state index < -0.39 is 11.6 Å². The standard InChI is InChI=1S/C13H14F2N2O/c1-13(2,3)11-7-12(18)17(16-11)10-5-4-8(14)6-9(10)15/h4-6H,7H2,1-3H3. The summed E-state index contributed by atoms with van der Waals surface area (Å²) in [7, 11) is 0. The maximum Gasteiger partial charge on any atom is 0.253 e. The molecule has 0 saturated carbocycles. The van der Waals surface area contributed by atoms with E-state index in [1.54, 1.807) is 0 Å². The zero-order valence-electron chi connectivity index (χ0n) is 10.5. The van der Waals surface area contributed by atoms with Gasteiger partial charge in [0.1, 0.15) is 11.5 Å². The van der Waals surface area contributed by atoms with Crippen LogP contribution in [-0.2, 0) is 4.79 Å². The predicted octanol–water partition coefficient (Wildman–Crippen LogP) is 3.10. The molecule has 0 fully saturated rings. The largest absolute Gasteiger partial charge is 0.272 e. The first-order valence-electron chi connectivity index (χ1n) is 5.65. The molecule has 0 radical (unpaired) electrons. The molecule has 1 heterocycles. The molecule has 0 saturated heterocycles. The number of anilines is 1. The molecule has 1 amide bonds. The number of amides is 1. The van der Waals surface area contributed by atoms with E-state index in [9.17, 15) is 13.6 Å². The molecule has 96 valence electrons. The van der Waals surface area contributed by atoms with Crippen LogP contribution in [0.2, 0.25) is 0 Å². The number of hydrazone groups is 1. The monoisotopic (exact) mass is 252 g/mol. The van der Waals surface area contributed by atoms with E-state index in [2.05, 4.69) is 5.10 Å². The lowest BCUT2D eigenvalue weighted by Gasteiger charge is -2.16. The summed E-state index contributed by atoms with van der Waals surface area (Å²) in [6.45, 7) is 5.80. The molecule has 2 rings (SSSR count). The number of rotatable bonds is 1. The topological polar surface area (TPSA) is 32.7 Å². The number of carbonyl (C=O) groups excluding carboxylic acids is 1. The molecule has 0 atom stereocenters. The van der Waals surface area contributed by atoms with Crippen LogP contribution in [0.4, 0.5) is 14.5 Å². The van der Waals surface area contributed by atoms with Gasteiger partial charge in [0.2, 0.25) is 0 Å². The fraction of sp³-hybridized carbons (Fsp3) is 0.385. The van der Waals surface area contributed by atoms with Gasteiger partial charge >= 0.3 is 0 Å². The predicted molar refractivity (Wildman–Crippen MR) is 65.4 cm³/mol. The second-order valence-electron chi connectivity index (χ2n) is 5.27. The number of hydrogen-bond acceptors (Lipinski definition) is 2. The number of nitrogens with zero attached hydrogens (tertiary/aromatic N) is 2. The second-order valence-corrected chi connectivity index (χ2v) is 5.27. The summed E-state index contributed by atoms with van der Waals surface area (Å²) in [6.07, 6.45) is 0.167. The Hall–Kier alpha value is -1.78. The molecule has 18 heavy (non-hydrogen) atoms. The zero-order chi connectivity index (χ0) is 13.5. The van der Waals surface area contributed by atoms with Gasteiger partial charge in [-0.2, -0.15) is 10.1 Å². The van der Waals surface area contributed by atoms with Crippen molar-refractivity contribution in [1.29, 1.82) is 0 Å². The maximum atomic E-state index is 13.6. The molecule has 5 heteroatoms. The quantitative estimate of drug-likeness (QED) is 0.755. The lowest BCUT2D eigenvalue weighted by atomic mass is 9.88. The van der Waals surface area contributed by atoms with E-state index in [-0.39, 0.29) is 23.4 Å². The van der Waals surface area contributed by atoms with Gasteiger partial charge < -0.3 is 0 Å². The third-order valence-electron chi connectivity index (χ3n) is 2.78. The highest BCUT2D eigenvalue weighted by molar-refractivity contribution is 6.14. The van der Waals surface area contributed by atoms with Crippen LogP contribution in [0.5, 0.6) is 0 Å². The van der Waals surface area contributed by atoms with Crippen molar-refractivity contribution >= 4 is 17.3 Å². The maximum absolute atomic E-state index is 13.6. The molecule has 0 spiro atoms. The Labute approximate surface area is 104 Å². The lowest BCUT2D eigenvalue weighted by molar-refractivity contribution is -0.117. The molecule has 1 aliphatic heterocycles. The summed E-state index contributed by atoms with van der Waals surface area (Å²) in [4.78, 5) is 11.8. The lowest BCUT2D eigenvalue weighted by Crippen LogP contribution is -2.21. The van der Waals surface area contributed by atoms with Crippen LogP contribution >= 0.6 is 0 Å². The Bertz CT molecular complexity index is 532. The molecule has 0 aromatic heterocycles. The zero-order valence-corrected chi connectivity index (χ0v) is 10.5. The van der Waals surface area contributed by atoms with Crippen molar-refractivity contribution in [3.8, 4) is 0 Å². The third kappa shape index (κ3) is 2.25. The van der Waals surface area contributed by atoms with Crippen molar-refractivity contribution in [2.24, 2.45) is 10.5 Å². The molecular formula is C13H14F2N2O. The van der Waals surface area contributed by atoms with Crippen LogP contribution < -0.4 is 5.01 Å². The number of carbonyl (C=O) groups is 1. The van der Waals surface area contributed by atoms with Crippen molar-refractivity contribution in [3.63, 3.8) is 0 Å². The number of halogens is 2. The number of hydrogen-bond donors (Lipinski definition) is 0. The van der Waals surface area contributed by atoms with Gasteiger partial charge in [-0.1, -0.05) is 20.8 Å². The highest BCUT2D eigenvalue weighted by Crippen LogP contribution is 2.29. The molecule has 0 aliphatic carbocycles. The van der Waals surface area contributed by atoms with Crippen molar-refractivity contribution in [3.05, 3.63) is 29.8 Å². The molecule has 0 N–H and O–H groups in total. The second kappa shape index (κ2) is 4.15. The molecule has 0 unspecified atom stereocenters. The summed E-state index contributed by atoms with van der Waals surface area (Å²) < 4.78 is 26.4. The first kappa shape index (κ1) is 12.7. The Morgan fingerprint density at radius 2 is 1.94 bits per heavy atom. The highest BCUT2D eigenvalue weighted by Gasteiger charge is 2.33. The van der Waals surface area contributed by atoms with Gasteiger partial charge in [-0.3, -0.25) is 4.79 Å². The van der Waals surface area contributed by atoms with Gasteiger partial charge in [-0.15, -0.1) is 0 Å². The van der Waals surface area contributed by atoms with E-state index >= 15 is 0 Å². The summed E-state index contributed by atoms with van der Waals surface area (Å²) in [5.41, 5.74) is 0.429. The summed E-state index contributed by atoms with van der Waals surface area (Å²) in [6, 6.07) is 3.07. The molecule has 1 aliphatic rings. The van der Waals surface area contributed by atoms with Crippen molar-refractivity contribution in [1.82, 2.24) is 0 Å². The van der Waals surface area contributed by atoms with Gasteiger partial charge in [0, 0.05) is 11.5 Å². The van der Waals surface area contributed by atoms with Gasteiger partial charge in [-0.05, 0) is 12.1 Å². The van der Waals surface area contributed by atoms with Crippen molar-refractivity contribution < 1.29 is 13.6 Å². The van der Waals surface area contributed by atoms with Gasteiger partial charge in [0.25, 0.3) is 5.91 Å².